The van der Waals surface area contributed by atoms with Crippen molar-refractivity contribution in [1.29, 1.82) is 0 Å². The van der Waals surface area contributed by atoms with E-state index in [0.29, 0.717) is 5.56 Å². The first-order valence-corrected chi connectivity index (χ1v) is 10.3. The van der Waals surface area contributed by atoms with Crippen LogP contribution in [-0.2, 0) is 10.9 Å². The summed E-state index contributed by atoms with van der Waals surface area (Å²) in [5.74, 6) is -0.990. The summed E-state index contributed by atoms with van der Waals surface area (Å²) >= 11 is 0. The standard InChI is InChI=1S/C24H22F3N3O3/c1-33-23(32)18-6-9-21(20(16-18)24(25,26)27)29-12-14-30(15-13-29)22(31)17-4-7-19(8-5-17)28-10-2-3-11-28/h2-11,16H,12-15H2,1H3. The van der Waals surface area contributed by atoms with Gasteiger partial charge >= 0.3 is 12.1 Å². The van der Waals surface area contributed by atoms with Crippen molar-refractivity contribution in [2.45, 2.75) is 6.18 Å². The smallest absolute Gasteiger partial charge is 0.418 e. The second kappa shape index (κ2) is 9.01. The minimum atomic E-state index is -4.63. The van der Waals surface area contributed by atoms with Crippen molar-refractivity contribution >= 4 is 17.6 Å². The number of piperazine rings is 1. The van der Waals surface area contributed by atoms with E-state index in [2.05, 4.69) is 4.74 Å². The van der Waals surface area contributed by atoms with Crippen LogP contribution in [0.4, 0.5) is 18.9 Å². The molecule has 0 atom stereocenters. The van der Waals surface area contributed by atoms with E-state index in [9.17, 15) is 22.8 Å². The Balaban J connectivity index is 1.46. The molecule has 3 aromatic rings. The SMILES string of the molecule is COC(=O)c1ccc(N2CCN(C(=O)c3ccc(-n4cccc4)cc3)CC2)c(C(F)(F)F)c1. The Labute approximate surface area is 188 Å². The highest BCUT2D eigenvalue weighted by Gasteiger charge is 2.36. The van der Waals surface area contributed by atoms with Gasteiger partial charge in [-0.1, -0.05) is 0 Å². The van der Waals surface area contributed by atoms with Crippen molar-refractivity contribution in [3.63, 3.8) is 0 Å². The zero-order valence-electron chi connectivity index (χ0n) is 17.9. The van der Waals surface area contributed by atoms with Gasteiger partial charge in [0.25, 0.3) is 5.91 Å². The molecule has 0 radical (unpaired) electrons. The number of methoxy groups -OCH3 is 1. The molecule has 9 heteroatoms. The van der Waals surface area contributed by atoms with Crippen molar-refractivity contribution in [3.8, 4) is 5.69 Å². The summed E-state index contributed by atoms with van der Waals surface area (Å²) < 4.78 is 47.5. The van der Waals surface area contributed by atoms with E-state index >= 15 is 0 Å². The predicted molar refractivity (Wildman–Crippen MR) is 117 cm³/mol. The third-order valence-corrected chi connectivity index (χ3v) is 5.65. The fourth-order valence-electron chi connectivity index (χ4n) is 3.90. The third kappa shape index (κ3) is 4.72. The molecule has 1 saturated heterocycles. The number of anilines is 1. The highest BCUT2D eigenvalue weighted by molar-refractivity contribution is 5.94. The van der Waals surface area contributed by atoms with Crippen LogP contribution in [0.2, 0.25) is 0 Å². The molecule has 1 fully saturated rings. The second-order valence-electron chi connectivity index (χ2n) is 7.64. The molecule has 0 unspecified atom stereocenters. The van der Waals surface area contributed by atoms with Gasteiger partial charge in [0.15, 0.2) is 0 Å². The lowest BCUT2D eigenvalue weighted by Gasteiger charge is -2.37. The van der Waals surface area contributed by atoms with E-state index in [-0.39, 0.29) is 43.3 Å². The van der Waals surface area contributed by atoms with Crippen LogP contribution in [0.1, 0.15) is 26.3 Å². The predicted octanol–water partition coefficient (Wildman–Crippen LogP) is 4.25. The van der Waals surface area contributed by atoms with Crippen LogP contribution in [0.25, 0.3) is 5.69 Å². The summed E-state index contributed by atoms with van der Waals surface area (Å²) in [4.78, 5) is 27.8. The number of rotatable bonds is 4. The maximum absolute atomic E-state index is 13.7. The number of carbonyl (C=O) groups excluding carboxylic acids is 2. The van der Waals surface area contributed by atoms with Crippen LogP contribution >= 0.6 is 0 Å². The molecule has 1 aliphatic heterocycles. The molecule has 33 heavy (non-hydrogen) atoms. The molecule has 1 aromatic heterocycles. The molecule has 2 aromatic carbocycles. The lowest BCUT2D eigenvalue weighted by Crippen LogP contribution is -2.49. The van der Waals surface area contributed by atoms with Gasteiger partial charge in [-0.25, -0.2) is 4.79 Å². The Hall–Kier alpha value is -3.75. The third-order valence-electron chi connectivity index (χ3n) is 5.65. The topological polar surface area (TPSA) is 54.8 Å². The summed E-state index contributed by atoms with van der Waals surface area (Å²) in [6.07, 6.45) is -0.820. The lowest BCUT2D eigenvalue weighted by atomic mass is 10.1. The molecule has 1 amide bonds. The number of nitrogens with zero attached hydrogens (tertiary/aromatic N) is 3. The first kappa shape index (κ1) is 22.4. The number of hydrogen-bond donors (Lipinski definition) is 0. The maximum atomic E-state index is 13.7. The number of esters is 1. The zero-order chi connectivity index (χ0) is 23.6. The van der Waals surface area contributed by atoms with E-state index in [1.54, 1.807) is 21.9 Å². The van der Waals surface area contributed by atoms with E-state index in [0.717, 1.165) is 18.9 Å². The van der Waals surface area contributed by atoms with E-state index in [1.165, 1.54) is 12.1 Å². The van der Waals surface area contributed by atoms with Crippen LogP contribution in [0.5, 0.6) is 0 Å². The number of carbonyl (C=O) groups is 2. The van der Waals surface area contributed by atoms with Gasteiger partial charge in [-0.2, -0.15) is 13.2 Å². The van der Waals surface area contributed by atoms with Gasteiger partial charge in [0.2, 0.25) is 0 Å². The van der Waals surface area contributed by atoms with Gasteiger partial charge in [0.1, 0.15) is 0 Å². The second-order valence-corrected chi connectivity index (χ2v) is 7.64. The average molecular weight is 457 g/mol. The van der Waals surface area contributed by atoms with Crippen LogP contribution in [-0.4, -0.2) is 54.6 Å². The van der Waals surface area contributed by atoms with E-state index in [1.807, 2.05) is 41.2 Å². The Bertz CT molecular complexity index is 1130. The number of alkyl halides is 3. The normalized spacial score (nSPS) is 14.3. The van der Waals surface area contributed by atoms with Gasteiger partial charge in [-0.3, -0.25) is 4.79 Å². The van der Waals surface area contributed by atoms with Crippen LogP contribution in [0.3, 0.4) is 0 Å². The van der Waals surface area contributed by atoms with Crippen molar-refractivity contribution < 1.29 is 27.5 Å². The largest absolute Gasteiger partial charge is 0.465 e. The summed E-state index contributed by atoms with van der Waals surface area (Å²) in [5, 5.41) is 0. The van der Waals surface area contributed by atoms with Crippen LogP contribution < -0.4 is 4.90 Å². The molecule has 0 saturated carbocycles. The molecule has 2 heterocycles. The van der Waals surface area contributed by atoms with Crippen molar-refractivity contribution in [1.82, 2.24) is 9.47 Å². The molecule has 0 bridgehead atoms. The highest BCUT2D eigenvalue weighted by Crippen LogP contribution is 2.37. The molecular weight excluding hydrogens is 435 g/mol. The number of amides is 1. The van der Waals surface area contributed by atoms with Gasteiger partial charge in [0, 0.05) is 55.5 Å². The lowest BCUT2D eigenvalue weighted by molar-refractivity contribution is -0.137. The summed E-state index contributed by atoms with van der Waals surface area (Å²) in [5.41, 5.74) is 0.379. The molecule has 1 aliphatic rings. The molecule has 172 valence electrons. The Morgan fingerprint density at radius 1 is 0.879 bits per heavy atom. The summed E-state index contributed by atoms with van der Waals surface area (Å²) in [6, 6.07) is 14.4. The molecule has 4 rings (SSSR count). The molecule has 0 N–H and O–H groups in total. The molecule has 6 nitrogen and oxygen atoms in total. The Morgan fingerprint density at radius 3 is 2.06 bits per heavy atom. The minimum absolute atomic E-state index is 0.0154. The monoisotopic (exact) mass is 457 g/mol. The summed E-state index contributed by atoms with van der Waals surface area (Å²) in [7, 11) is 1.12. The fourth-order valence-corrected chi connectivity index (χ4v) is 3.90. The number of ether oxygens (including phenoxy) is 1. The first-order chi connectivity index (χ1) is 15.8. The van der Waals surface area contributed by atoms with Crippen molar-refractivity contribution in [2.24, 2.45) is 0 Å². The maximum Gasteiger partial charge on any atom is 0.418 e. The van der Waals surface area contributed by atoms with E-state index < -0.39 is 17.7 Å². The fraction of sp³-hybridized carbons (Fsp3) is 0.250. The van der Waals surface area contributed by atoms with Crippen molar-refractivity contribution in [2.75, 3.05) is 38.2 Å². The summed E-state index contributed by atoms with van der Waals surface area (Å²) in [6.45, 7) is 1.06. The molecule has 0 spiro atoms. The number of aromatic nitrogens is 1. The van der Waals surface area contributed by atoms with Crippen molar-refractivity contribution in [3.05, 3.63) is 83.7 Å². The van der Waals surface area contributed by atoms with Gasteiger partial charge < -0.3 is 19.1 Å². The number of hydrogen-bond acceptors (Lipinski definition) is 4. The minimum Gasteiger partial charge on any atom is -0.465 e. The number of halogens is 3. The van der Waals surface area contributed by atoms with Gasteiger partial charge in [0.05, 0.1) is 18.2 Å². The van der Waals surface area contributed by atoms with Crippen LogP contribution in [0.15, 0.2) is 67.0 Å². The highest BCUT2D eigenvalue weighted by atomic mass is 19.4. The van der Waals surface area contributed by atoms with Crippen LogP contribution in [0, 0.1) is 0 Å². The Kier molecular flexibility index (Phi) is 6.13. The van der Waals surface area contributed by atoms with E-state index in [4.69, 9.17) is 0 Å². The number of benzene rings is 2. The average Bonchev–Trinajstić information content (AvgIpc) is 3.37. The molecular formula is C24H22F3N3O3. The molecule has 0 aliphatic carbocycles. The van der Waals surface area contributed by atoms with Gasteiger partial charge in [-0.15, -0.1) is 0 Å². The quantitative estimate of drug-likeness (QED) is 0.550. The van der Waals surface area contributed by atoms with Gasteiger partial charge in [-0.05, 0) is 54.6 Å². The first-order valence-electron chi connectivity index (χ1n) is 10.3. The zero-order valence-corrected chi connectivity index (χ0v) is 17.9. The Morgan fingerprint density at radius 2 is 1.48 bits per heavy atom.